The van der Waals surface area contributed by atoms with Crippen molar-refractivity contribution in [2.24, 2.45) is 0 Å². The van der Waals surface area contributed by atoms with Crippen LogP contribution in [0, 0.1) is 0 Å². The maximum atomic E-state index is 12.3. The number of hydrogen-bond donors (Lipinski definition) is 3. The molecular weight excluding hydrogens is 436 g/mol. The van der Waals surface area contributed by atoms with Crippen LogP contribution >= 0.6 is 0 Å². The van der Waals surface area contributed by atoms with E-state index in [2.05, 4.69) is 27.2 Å². The summed E-state index contributed by atoms with van der Waals surface area (Å²) in [6, 6.07) is 17.6. The van der Waals surface area contributed by atoms with E-state index in [4.69, 9.17) is 4.74 Å². The van der Waals surface area contributed by atoms with Crippen LogP contribution in [0.2, 0.25) is 0 Å². The number of carbonyl (C=O) groups is 2. The fraction of sp³-hybridized carbons (Fsp3) is 0.269. The van der Waals surface area contributed by atoms with Crippen molar-refractivity contribution in [3.8, 4) is 11.1 Å². The van der Waals surface area contributed by atoms with Gasteiger partial charge < -0.3 is 25.0 Å². The molecule has 2 atom stereocenters. The number of aliphatic hydroxyl groups excluding tert-OH is 2. The number of rotatable bonds is 8. The molecule has 3 N–H and O–H groups in total. The summed E-state index contributed by atoms with van der Waals surface area (Å²) in [6.45, 7) is 0.288. The van der Waals surface area contributed by atoms with Crippen molar-refractivity contribution in [2.45, 2.75) is 24.5 Å². The average molecular weight is 463 g/mol. The molecule has 3 aromatic rings. The number of fused-ring (bicyclic) bond motifs is 3. The zero-order valence-electron chi connectivity index (χ0n) is 18.7. The van der Waals surface area contributed by atoms with Gasteiger partial charge in [0.2, 0.25) is 0 Å². The topological polar surface area (TPSA) is 118 Å². The number of aliphatic hydroxyl groups is 2. The molecule has 0 aliphatic heterocycles. The van der Waals surface area contributed by atoms with Gasteiger partial charge in [0, 0.05) is 30.4 Å². The minimum absolute atomic E-state index is 0.0415. The molecule has 1 heterocycles. The Hall–Kier alpha value is -3.75. The summed E-state index contributed by atoms with van der Waals surface area (Å²) < 4.78 is 10.1. The number of ether oxygens (including phenoxy) is 2. The lowest BCUT2D eigenvalue weighted by Gasteiger charge is -2.19. The Morgan fingerprint density at radius 1 is 1.03 bits per heavy atom. The summed E-state index contributed by atoms with van der Waals surface area (Å²) in [5, 5.41) is 23.3. The van der Waals surface area contributed by atoms with Crippen molar-refractivity contribution < 1.29 is 29.3 Å². The minimum atomic E-state index is -1.28. The number of benzene rings is 2. The van der Waals surface area contributed by atoms with Gasteiger partial charge >= 0.3 is 12.1 Å². The standard InChI is InChI=1S/C26H26N2O6/c1-33-25(31)17-12-16(13-27-14-17)24(30)23(29)10-11-28-26(32)34-15-22-20-8-4-2-6-18(20)19-7-3-5-9-21(19)22/h2-9,12-14,22-24,29-30H,10-11,15H2,1H3,(H,28,32). The predicted molar refractivity (Wildman–Crippen MR) is 124 cm³/mol. The Balaban J connectivity index is 1.28. The number of aromatic nitrogens is 1. The number of nitrogens with one attached hydrogen (secondary N) is 1. The molecule has 0 fully saturated rings. The molecule has 1 aromatic heterocycles. The Kier molecular flexibility index (Phi) is 7.20. The summed E-state index contributed by atoms with van der Waals surface area (Å²) in [6.07, 6.45) is -0.303. The van der Waals surface area contributed by atoms with Gasteiger partial charge in [-0.2, -0.15) is 0 Å². The maximum absolute atomic E-state index is 12.3. The quantitative estimate of drug-likeness (QED) is 0.440. The second kappa shape index (κ2) is 10.5. The number of esters is 1. The molecule has 0 radical (unpaired) electrons. The number of methoxy groups -OCH3 is 1. The summed E-state index contributed by atoms with van der Waals surface area (Å²) in [5.41, 5.74) is 4.99. The molecule has 8 heteroatoms. The second-order valence-electron chi connectivity index (χ2n) is 8.05. The van der Waals surface area contributed by atoms with E-state index >= 15 is 0 Å². The van der Waals surface area contributed by atoms with Crippen LogP contribution in [0.15, 0.2) is 67.0 Å². The third-order valence-electron chi connectivity index (χ3n) is 5.94. The lowest BCUT2D eigenvalue weighted by molar-refractivity contribution is 0.0133. The highest BCUT2D eigenvalue weighted by Crippen LogP contribution is 2.44. The van der Waals surface area contributed by atoms with Crippen molar-refractivity contribution >= 4 is 12.1 Å². The van der Waals surface area contributed by atoms with Gasteiger partial charge in [0.1, 0.15) is 12.7 Å². The van der Waals surface area contributed by atoms with E-state index in [9.17, 15) is 19.8 Å². The van der Waals surface area contributed by atoms with Crippen LogP contribution in [-0.4, -0.2) is 53.6 Å². The Morgan fingerprint density at radius 2 is 1.68 bits per heavy atom. The van der Waals surface area contributed by atoms with Crippen molar-refractivity contribution in [1.82, 2.24) is 10.3 Å². The molecule has 1 aliphatic carbocycles. The smallest absolute Gasteiger partial charge is 0.407 e. The van der Waals surface area contributed by atoms with Crippen LogP contribution in [0.25, 0.3) is 11.1 Å². The van der Waals surface area contributed by atoms with Crippen molar-refractivity contribution in [2.75, 3.05) is 20.3 Å². The summed E-state index contributed by atoms with van der Waals surface area (Å²) >= 11 is 0. The first-order valence-electron chi connectivity index (χ1n) is 11.0. The fourth-order valence-corrected chi connectivity index (χ4v) is 4.20. The number of alkyl carbamates (subject to hydrolysis) is 1. The molecule has 0 bridgehead atoms. The van der Waals surface area contributed by atoms with Crippen LogP contribution in [-0.2, 0) is 9.47 Å². The van der Waals surface area contributed by atoms with Gasteiger partial charge in [-0.3, -0.25) is 4.98 Å². The molecule has 1 amide bonds. The number of hydrogen-bond acceptors (Lipinski definition) is 7. The van der Waals surface area contributed by atoms with E-state index in [-0.39, 0.29) is 36.6 Å². The summed E-state index contributed by atoms with van der Waals surface area (Å²) in [7, 11) is 1.25. The van der Waals surface area contributed by atoms with Gasteiger partial charge in [-0.15, -0.1) is 0 Å². The zero-order chi connectivity index (χ0) is 24.1. The van der Waals surface area contributed by atoms with Gasteiger partial charge in [0.15, 0.2) is 0 Å². The van der Waals surface area contributed by atoms with Gasteiger partial charge in [-0.05, 0) is 34.7 Å². The van der Waals surface area contributed by atoms with Gasteiger partial charge in [0.25, 0.3) is 0 Å². The largest absolute Gasteiger partial charge is 0.465 e. The SMILES string of the molecule is COC(=O)c1cncc(C(O)C(O)CCNC(=O)OCC2c3ccccc3-c3ccccc32)c1. The maximum Gasteiger partial charge on any atom is 0.407 e. The van der Waals surface area contributed by atoms with Crippen LogP contribution in [0.5, 0.6) is 0 Å². The van der Waals surface area contributed by atoms with Crippen LogP contribution in [0.3, 0.4) is 0 Å². The van der Waals surface area contributed by atoms with E-state index in [0.29, 0.717) is 0 Å². The molecule has 0 saturated heterocycles. The first-order chi connectivity index (χ1) is 16.5. The molecule has 4 rings (SSSR count). The van der Waals surface area contributed by atoms with E-state index in [1.807, 2.05) is 36.4 Å². The highest BCUT2D eigenvalue weighted by molar-refractivity contribution is 5.89. The molecular formula is C26H26N2O6. The average Bonchev–Trinajstić information content (AvgIpc) is 3.20. The molecule has 0 saturated carbocycles. The normalized spacial score (nSPS) is 14.0. The van der Waals surface area contributed by atoms with E-state index < -0.39 is 24.3 Å². The molecule has 176 valence electrons. The highest BCUT2D eigenvalue weighted by Gasteiger charge is 2.29. The second-order valence-corrected chi connectivity index (χ2v) is 8.05. The van der Waals surface area contributed by atoms with Crippen molar-refractivity contribution in [3.63, 3.8) is 0 Å². The van der Waals surface area contributed by atoms with Crippen LogP contribution in [0.1, 0.15) is 45.5 Å². The van der Waals surface area contributed by atoms with Gasteiger partial charge in [-0.25, -0.2) is 9.59 Å². The number of nitrogens with zero attached hydrogens (tertiary/aromatic N) is 1. The first-order valence-corrected chi connectivity index (χ1v) is 11.0. The lowest BCUT2D eigenvalue weighted by Crippen LogP contribution is -2.30. The summed E-state index contributed by atoms with van der Waals surface area (Å²) in [5.74, 6) is -0.631. The zero-order valence-corrected chi connectivity index (χ0v) is 18.7. The third kappa shape index (κ3) is 4.93. The van der Waals surface area contributed by atoms with Crippen LogP contribution < -0.4 is 5.32 Å². The summed E-state index contributed by atoms with van der Waals surface area (Å²) in [4.78, 5) is 27.8. The van der Waals surface area contributed by atoms with Crippen LogP contribution in [0.4, 0.5) is 4.79 Å². The lowest BCUT2D eigenvalue weighted by atomic mass is 9.98. The van der Waals surface area contributed by atoms with E-state index in [1.165, 1.54) is 25.6 Å². The fourth-order valence-electron chi connectivity index (χ4n) is 4.20. The Labute approximate surface area is 197 Å². The molecule has 2 aromatic carbocycles. The number of pyridine rings is 1. The molecule has 0 spiro atoms. The Bertz CT molecular complexity index is 1140. The van der Waals surface area contributed by atoms with E-state index in [0.717, 1.165) is 22.3 Å². The van der Waals surface area contributed by atoms with Crippen molar-refractivity contribution in [3.05, 3.63) is 89.2 Å². The number of amides is 1. The molecule has 8 nitrogen and oxygen atoms in total. The van der Waals surface area contributed by atoms with Gasteiger partial charge in [0.05, 0.1) is 18.8 Å². The van der Waals surface area contributed by atoms with Gasteiger partial charge in [-0.1, -0.05) is 48.5 Å². The predicted octanol–water partition coefficient (Wildman–Crippen LogP) is 3.19. The van der Waals surface area contributed by atoms with E-state index in [1.54, 1.807) is 0 Å². The molecule has 34 heavy (non-hydrogen) atoms. The highest BCUT2D eigenvalue weighted by atomic mass is 16.5. The Morgan fingerprint density at radius 3 is 2.32 bits per heavy atom. The molecule has 2 unspecified atom stereocenters. The minimum Gasteiger partial charge on any atom is -0.465 e. The number of carbonyl (C=O) groups excluding carboxylic acids is 2. The monoisotopic (exact) mass is 462 g/mol. The van der Waals surface area contributed by atoms with Crippen molar-refractivity contribution in [1.29, 1.82) is 0 Å². The first kappa shape index (κ1) is 23.4. The third-order valence-corrected chi connectivity index (χ3v) is 5.94. The molecule has 1 aliphatic rings.